The first-order valence-electron chi connectivity index (χ1n) is 4.76. The quantitative estimate of drug-likeness (QED) is 0.608. The van der Waals surface area contributed by atoms with Crippen LogP contribution in [-0.2, 0) is 0 Å². The second kappa shape index (κ2) is 5.59. The molecule has 1 heterocycles. The third-order valence-electron chi connectivity index (χ3n) is 1.61. The van der Waals surface area contributed by atoms with E-state index >= 15 is 0 Å². The van der Waals surface area contributed by atoms with Crippen molar-refractivity contribution >= 4 is 17.6 Å². The molecule has 0 aliphatic carbocycles. The lowest BCUT2D eigenvalue weighted by atomic mass is 10.4. The van der Waals surface area contributed by atoms with Gasteiger partial charge in [-0.2, -0.15) is 0 Å². The number of hydrazone groups is 1. The van der Waals surface area contributed by atoms with Crippen molar-refractivity contribution in [2.45, 2.75) is 20.3 Å². The molecular weight excluding hydrogens is 202 g/mol. The molecule has 6 heteroatoms. The summed E-state index contributed by atoms with van der Waals surface area (Å²) in [5.74, 6) is 1.60. The first-order valence-corrected chi connectivity index (χ1v) is 5.10. The maximum Gasteiger partial charge on any atom is 0.153 e. The molecule has 5 nitrogen and oxygen atoms in total. The molecule has 0 atom stereocenters. The van der Waals surface area contributed by atoms with Gasteiger partial charge in [0.1, 0.15) is 5.82 Å². The van der Waals surface area contributed by atoms with Crippen molar-refractivity contribution in [2.24, 2.45) is 5.10 Å². The lowest BCUT2D eigenvalue weighted by Crippen LogP contribution is -2.40. The van der Waals surface area contributed by atoms with Gasteiger partial charge in [0.05, 0.1) is 11.8 Å². The minimum Gasteiger partial charge on any atom is -0.370 e. The molecule has 80 valence electrons. The summed E-state index contributed by atoms with van der Waals surface area (Å²) in [6, 6.07) is 0. The SMILES string of the molecule is CCCNC1=CC(NCC)=NN(Cl)N1. The molecule has 1 rings (SSSR count). The van der Waals surface area contributed by atoms with Gasteiger partial charge in [-0.25, -0.2) is 0 Å². The Balaban J connectivity index is 2.54. The van der Waals surface area contributed by atoms with Gasteiger partial charge in [-0.15, -0.1) is 9.74 Å². The van der Waals surface area contributed by atoms with Gasteiger partial charge in [-0.05, 0) is 13.3 Å². The van der Waals surface area contributed by atoms with Crippen LogP contribution in [0.4, 0.5) is 0 Å². The Labute approximate surface area is 89.3 Å². The van der Waals surface area contributed by atoms with E-state index in [0.717, 1.165) is 35.8 Å². The van der Waals surface area contributed by atoms with Crippen LogP contribution < -0.4 is 16.1 Å². The highest BCUT2D eigenvalue weighted by Gasteiger charge is 2.09. The van der Waals surface area contributed by atoms with E-state index in [1.807, 2.05) is 13.0 Å². The largest absolute Gasteiger partial charge is 0.370 e. The molecule has 0 aromatic rings. The third-order valence-corrected chi connectivity index (χ3v) is 1.77. The maximum absolute atomic E-state index is 5.73. The van der Waals surface area contributed by atoms with E-state index < -0.39 is 0 Å². The van der Waals surface area contributed by atoms with Gasteiger partial charge < -0.3 is 10.6 Å². The molecule has 14 heavy (non-hydrogen) atoms. The standard InChI is InChI=1S/C8H16ClN5/c1-3-5-11-8-6-7(10-4-2)12-14(9)13-8/h6,11,13H,3-5H2,1-2H3,(H,10,12). The summed E-state index contributed by atoms with van der Waals surface area (Å²) in [6.07, 6.45) is 2.95. The van der Waals surface area contributed by atoms with Crippen molar-refractivity contribution in [1.29, 1.82) is 0 Å². The summed E-state index contributed by atoms with van der Waals surface area (Å²) >= 11 is 5.73. The lowest BCUT2D eigenvalue weighted by Gasteiger charge is -2.22. The number of nitrogens with one attached hydrogen (secondary N) is 3. The van der Waals surface area contributed by atoms with Crippen molar-refractivity contribution in [3.8, 4) is 0 Å². The predicted octanol–water partition coefficient (Wildman–Crippen LogP) is 0.724. The molecule has 0 radical (unpaired) electrons. The minimum atomic E-state index is 0.750. The Hall–Kier alpha value is -1.10. The topological polar surface area (TPSA) is 51.7 Å². The van der Waals surface area contributed by atoms with Gasteiger partial charge in [0, 0.05) is 19.2 Å². The van der Waals surface area contributed by atoms with Crippen LogP contribution >= 0.6 is 11.8 Å². The molecular formula is C8H16ClN5. The van der Waals surface area contributed by atoms with E-state index in [1.54, 1.807) is 0 Å². The molecule has 0 saturated carbocycles. The smallest absolute Gasteiger partial charge is 0.153 e. The number of rotatable bonds is 4. The number of likely N-dealkylation sites (N-methyl/N-ethyl adjacent to an activating group) is 1. The van der Waals surface area contributed by atoms with Gasteiger partial charge in [-0.3, -0.25) is 5.43 Å². The van der Waals surface area contributed by atoms with Crippen LogP contribution in [0.3, 0.4) is 0 Å². The Morgan fingerprint density at radius 1 is 1.50 bits per heavy atom. The van der Waals surface area contributed by atoms with Crippen LogP contribution in [0.1, 0.15) is 20.3 Å². The molecule has 0 bridgehead atoms. The van der Waals surface area contributed by atoms with Crippen LogP contribution in [0.15, 0.2) is 17.0 Å². The number of hydrogen-bond acceptors (Lipinski definition) is 5. The fraction of sp³-hybridized carbons (Fsp3) is 0.625. The zero-order valence-corrected chi connectivity index (χ0v) is 9.23. The molecule has 0 saturated heterocycles. The summed E-state index contributed by atoms with van der Waals surface area (Å²) in [4.78, 5) is 0. The second-order valence-electron chi connectivity index (χ2n) is 2.87. The molecule has 0 amide bonds. The number of hydrogen-bond donors (Lipinski definition) is 3. The number of hydrazine groups is 1. The Morgan fingerprint density at radius 2 is 2.29 bits per heavy atom. The molecule has 0 spiro atoms. The monoisotopic (exact) mass is 217 g/mol. The minimum absolute atomic E-state index is 0.750. The van der Waals surface area contributed by atoms with Crippen molar-refractivity contribution in [2.75, 3.05) is 13.1 Å². The van der Waals surface area contributed by atoms with Crippen molar-refractivity contribution in [3.05, 3.63) is 11.9 Å². The summed E-state index contributed by atoms with van der Waals surface area (Å²) in [5.41, 5.74) is 2.86. The average Bonchev–Trinajstić information content (AvgIpc) is 2.14. The summed E-state index contributed by atoms with van der Waals surface area (Å²) in [6.45, 7) is 5.84. The van der Waals surface area contributed by atoms with Crippen molar-refractivity contribution in [3.63, 3.8) is 0 Å². The normalized spacial score (nSPS) is 15.5. The van der Waals surface area contributed by atoms with E-state index in [2.05, 4.69) is 28.1 Å². The fourth-order valence-corrected chi connectivity index (χ4v) is 1.21. The Morgan fingerprint density at radius 3 is 2.93 bits per heavy atom. The first kappa shape index (κ1) is 11.0. The zero-order chi connectivity index (χ0) is 10.4. The van der Waals surface area contributed by atoms with E-state index in [-0.39, 0.29) is 0 Å². The fourth-order valence-electron chi connectivity index (χ4n) is 1.03. The van der Waals surface area contributed by atoms with Crippen LogP contribution in [0.25, 0.3) is 0 Å². The summed E-state index contributed by atoms with van der Waals surface area (Å²) in [5, 5.41) is 10.3. The molecule has 0 fully saturated rings. The number of amidine groups is 1. The highest BCUT2D eigenvalue weighted by atomic mass is 35.5. The second-order valence-corrected chi connectivity index (χ2v) is 3.19. The van der Waals surface area contributed by atoms with Gasteiger partial charge in [0.2, 0.25) is 0 Å². The van der Waals surface area contributed by atoms with Gasteiger partial charge >= 0.3 is 0 Å². The summed E-state index contributed by atoms with van der Waals surface area (Å²) in [7, 11) is 0. The third kappa shape index (κ3) is 3.33. The average molecular weight is 218 g/mol. The van der Waals surface area contributed by atoms with E-state index in [1.165, 1.54) is 0 Å². The highest BCUT2D eigenvalue weighted by Crippen LogP contribution is 2.01. The van der Waals surface area contributed by atoms with Crippen LogP contribution in [0.2, 0.25) is 0 Å². The first-order chi connectivity index (χ1) is 6.76. The maximum atomic E-state index is 5.73. The Bertz CT molecular complexity index is 238. The highest BCUT2D eigenvalue weighted by molar-refractivity contribution is 6.14. The van der Waals surface area contributed by atoms with Crippen molar-refractivity contribution < 1.29 is 0 Å². The van der Waals surface area contributed by atoms with Gasteiger partial charge in [0.15, 0.2) is 5.84 Å². The van der Waals surface area contributed by atoms with Gasteiger partial charge in [0.25, 0.3) is 0 Å². The van der Waals surface area contributed by atoms with E-state index in [4.69, 9.17) is 11.8 Å². The molecule has 0 aromatic carbocycles. The zero-order valence-electron chi connectivity index (χ0n) is 8.47. The molecule has 0 aromatic heterocycles. The number of nitrogens with zero attached hydrogens (tertiary/aromatic N) is 2. The number of halogens is 1. The predicted molar refractivity (Wildman–Crippen MR) is 58.3 cm³/mol. The molecule has 1 aliphatic rings. The summed E-state index contributed by atoms with van der Waals surface area (Å²) < 4.78 is 1.16. The van der Waals surface area contributed by atoms with E-state index in [9.17, 15) is 0 Å². The van der Waals surface area contributed by atoms with Gasteiger partial charge in [-0.1, -0.05) is 6.92 Å². The molecule has 3 N–H and O–H groups in total. The molecule has 0 unspecified atom stereocenters. The van der Waals surface area contributed by atoms with E-state index in [0.29, 0.717) is 0 Å². The Kier molecular flexibility index (Phi) is 4.39. The lowest BCUT2D eigenvalue weighted by molar-refractivity contribution is 0.372. The van der Waals surface area contributed by atoms with Crippen molar-refractivity contribution in [1.82, 2.24) is 20.7 Å². The molecule has 1 aliphatic heterocycles. The van der Waals surface area contributed by atoms with Crippen LogP contribution in [0, 0.1) is 0 Å². The van der Waals surface area contributed by atoms with Crippen LogP contribution in [0.5, 0.6) is 0 Å². The van der Waals surface area contributed by atoms with Crippen LogP contribution in [-0.4, -0.2) is 23.6 Å².